The van der Waals surface area contributed by atoms with Gasteiger partial charge in [0.05, 0.1) is 12.3 Å². The molecule has 0 bridgehead atoms. The molecule has 1 aliphatic carbocycles. The van der Waals surface area contributed by atoms with Gasteiger partial charge in [0.15, 0.2) is 14.6 Å². The second kappa shape index (κ2) is 9.90. The fourth-order valence-electron chi connectivity index (χ4n) is 4.21. The van der Waals surface area contributed by atoms with E-state index in [1.807, 2.05) is 19.1 Å². The van der Waals surface area contributed by atoms with Gasteiger partial charge in [-0.3, -0.25) is 9.78 Å². The molecule has 2 aromatic heterocycles. The Morgan fingerprint density at radius 1 is 1.19 bits per heavy atom. The molecule has 2 heterocycles. The molecular weight excluding hydrogens is 478 g/mol. The molecule has 1 atom stereocenters. The van der Waals surface area contributed by atoms with Gasteiger partial charge in [-0.05, 0) is 55.3 Å². The molecule has 0 fully saturated rings. The first-order valence-corrected chi connectivity index (χ1v) is 13.2. The first-order valence-electron chi connectivity index (χ1n) is 11.3. The lowest BCUT2D eigenvalue weighted by molar-refractivity contribution is -0.114. The van der Waals surface area contributed by atoms with Crippen LogP contribution in [0.1, 0.15) is 24.5 Å². The van der Waals surface area contributed by atoms with Crippen LogP contribution in [0.25, 0.3) is 11.3 Å². The standard InChI is InChI=1S/C26H27N5O4S/c1-4-35-23-10-8-18(24(27)32)15-26(23,36(3,33)34)20-9-7-17(2)22(14-20)31-25-29-13-11-21(30-25)19-6-5-12-28-16-19/h5-14,16H,4,15H2,1-3H3,(H2,27,32)(H,29,30,31). The minimum absolute atomic E-state index is 0.136. The Morgan fingerprint density at radius 3 is 2.67 bits per heavy atom. The van der Waals surface area contributed by atoms with Gasteiger partial charge in [-0.1, -0.05) is 18.2 Å². The minimum Gasteiger partial charge on any atom is -0.496 e. The molecule has 186 valence electrons. The van der Waals surface area contributed by atoms with Gasteiger partial charge in [-0.2, -0.15) is 0 Å². The molecule has 36 heavy (non-hydrogen) atoms. The third kappa shape index (κ3) is 4.72. The van der Waals surface area contributed by atoms with E-state index >= 15 is 0 Å². The first-order chi connectivity index (χ1) is 17.2. The number of nitrogens with one attached hydrogen (secondary N) is 1. The van der Waals surface area contributed by atoms with Crippen LogP contribution in [0.4, 0.5) is 11.6 Å². The van der Waals surface area contributed by atoms with E-state index in [0.29, 0.717) is 22.9 Å². The highest BCUT2D eigenvalue weighted by atomic mass is 32.2. The number of nitrogens with zero attached hydrogens (tertiary/aromatic N) is 3. The molecule has 0 spiro atoms. The maximum absolute atomic E-state index is 13.4. The molecule has 1 unspecified atom stereocenters. The van der Waals surface area contributed by atoms with Gasteiger partial charge < -0.3 is 15.8 Å². The molecule has 3 N–H and O–H groups in total. The van der Waals surface area contributed by atoms with Crippen molar-refractivity contribution in [3.63, 3.8) is 0 Å². The number of carbonyl (C=O) groups excluding carboxylic acids is 1. The van der Waals surface area contributed by atoms with Gasteiger partial charge in [0.2, 0.25) is 11.9 Å². The molecule has 1 aromatic carbocycles. The Morgan fingerprint density at radius 2 is 2.00 bits per heavy atom. The van der Waals surface area contributed by atoms with E-state index in [9.17, 15) is 13.2 Å². The summed E-state index contributed by atoms with van der Waals surface area (Å²) in [5, 5.41) is 3.21. The molecule has 4 rings (SSSR count). The molecule has 9 nitrogen and oxygen atoms in total. The van der Waals surface area contributed by atoms with E-state index in [4.69, 9.17) is 10.5 Å². The van der Waals surface area contributed by atoms with Gasteiger partial charge >= 0.3 is 0 Å². The van der Waals surface area contributed by atoms with Crippen molar-refractivity contribution in [1.29, 1.82) is 0 Å². The monoisotopic (exact) mass is 505 g/mol. The van der Waals surface area contributed by atoms with E-state index in [1.54, 1.807) is 49.8 Å². The average Bonchev–Trinajstić information content (AvgIpc) is 2.86. The smallest absolute Gasteiger partial charge is 0.244 e. The zero-order valence-electron chi connectivity index (χ0n) is 20.2. The van der Waals surface area contributed by atoms with Crippen LogP contribution in [0, 0.1) is 6.92 Å². The molecule has 1 amide bonds. The number of ether oxygens (including phenoxy) is 1. The topological polar surface area (TPSA) is 137 Å². The summed E-state index contributed by atoms with van der Waals surface area (Å²) in [6.45, 7) is 3.92. The normalized spacial score (nSPS) is 17.6. The number of hydrogen-bond donors (Lipinski definition) is 2. The lowest BCUT2D eigenvalue weighted by atomic mass is 9.84. The number of carbonyl (C=O) groups is 1. The fraction of sp³-hybridized carbons (Fsp3) is 0.231. The second-order valence-electron chi connectivity index (χ2n) is 8.46. The van der Waals surface area contributed by atoms with Crippen LogP contribution in [-0.4, -0.2) is 42.1 Å². The predicted molar refractivity (Wildman–Crippen MR) is 138 cm³/mol. The Hall–Kier alpha value is -4.05. The van der Waals surface area contributed by atoms with Crippen LogP contribution in [0.2, 0.25) is 0 Å². The molecule has 0 saturated carbocycles. The van der Waals surface area contributed by atoms with Gasteiger partial charge in [-0.15, -0.1) is 0 Å². The number of aryl methyl sites for hydroxylation is 1. The lowest BCUT2D eigenvalue weighted by Gasteiger charge is -2.37. The van der Waals surface area contributed by atoms with Crippen molar-refractivity contribution in [3.05, 3.63) is 89.6 Å². The third-order valence-electron chi connectivity index (χ3n) is 6.09. The number of anilines is 2. The van der Waals surface area contributed by atoms with Crippen molar-refractivity contribution in [1.82, 2.24) is 15.0 Å². The molecule has 0 aliphatic heterocycles. The Bertz CT molecular complexity index is 1470. The number of nitrogens with two attached hydrogens (primary N) is 1. The third-order valence-corrected chi connectivity index (χ3v) is 7.93. The van der Waals surface area contributed by atoms with Crippen molar-refractivity contribution < 1.29 is 17.9 Å². The number of pyridine rings is 1. The number of sulfone groups is 1. The summed E-state index contributed by atoms with van der Waals surface area (Å²) in [6, 6.07) is 10.8. The number of amides is 1. The summed E-state index contributed by atoms with van der Waals surface area (Å²) in [6.07, 6.45) is 9.06. The quantitative estimate of drug-likeness (QED) is 0.474. The van der Waals surface area contributed by atoms with E-state index in [2.05, 4.69) is 20.3 Å². The summed E-state index contributed by atoms with van der Waals surface area (Å²) in [5.74, 6) is -0.102. The number of rotatable bonds is 8. The summed E-state index contributed by atoms with van der Waals surface area (Å²) >= 11 is 0. The summed E-state index contributed by atoms with van der Waals surface area (Å²) in [4.78, 5) is 25.1. The molecule has 1 aliphatic rings. The van der Waals surface area contributed by atoms with Crippen LogP contribution >= 0.6 is 0 Å². The maximum atomic E-state index is 13.4. The summed E-state index contributed by atoms with van der Waals surface area (Å²) < 4.78 is 30.9. The lowest BCUT2D eigenvalue weighted by Crippen LogP contribution is -2.41. The van der Waals surface area contributed by atoms with Crippen molar-refractivity contribution in [2.24, 2.45) is 5.73 Å². The van der Waals surface area contributed by atoms with Crippen LogP contribution in [0.15, 0.2) is 78.5 Å². The maximum Gasteiger partial charge on any atom is 0.244 e. The molecule has 0 saturated heterocycles. The van der Waals surface area contributed by atoms with E-state index in [1.165, 1.54) is 12.2 Å². The molecule has 3 aromatic rings. The zero-order chi connectivity index (χ0) is 25.9. The number of hydrogen-bond acceptors (Lipinski definition) is 8. The number of allylic oxidation sites excluding steroid dienone is 2. The number of benzene rings is 1. The van der Waals surface area contributed by atoms with Crippen LogP contribution in [0.3, 0.4) is 0 Å². The average molecular weight is 506 g/mol. The molecular formula is C26H27N5O4S. The zero-order valence-corrected chi connectivity index (χ0v) is 21.0. The fourth-order valence-corrected chi connectivity index (χ4v) is 5.67. The van der Waals surface area contributed by atoms with Crippen LogP contribution < -0.4 is 11.1 Å². The van der Waals surface area contributed by atoms with Crippen molar-refractivity contribution >= 4 is 27.4 Å². The Kier molecular flexibility index (Phi) is 6.89. The SMILES string of the molecule is CCOC1=CC=C(C(N)=O)CC1(c1ccc(C)c(Nc2nccc(-c3cccnc3)n2)c1)S(C)(=O)=O. The molecule has 0 radical (unpaired) electrons. The van der Waals surface area contributed by atoms with Gasteiger partial charge in [-0.25, -0.2) is 18.4 Å². The van der Waals surface area contributed by atoms with Gasteiger partial charge in [0, 0.05) is 48.1 Å². The van der Waals surface area contributed by atoms with E-state index < -0.39 is 20.5 Å². The Balaban J connectivity index is 1.80. The number of aromatic nitrogens is 3. The highest BCUT2D eigenvalue weighted by Crippen LogP contribution is 2.46. The summed E-state index contributed by atoms with van der Waals surface area (Å²) in [7, 11) is -3.83. The van der Waals surface area contributed by atoms with Crippen molar-refractivity contribution in [2.45, 2.75) is 25.0 Å². The van der Waals surface area contributed by atoms with Crippen LogP contribution in [0.5, 0.6) is 0 Å². The second-order valence-corrected chi connectivity index (χ2v) is 10.7. The van der Waals surface area contributed by atoms with E-state index in [0.717, 1.165) is 17.4 Å². The Labute approximate surface area is 210 Å². The predicted octanol–water partition coefficient (Wildman–Crippen LogP) is 3.57. The van der Waals surface area contributed by atoms with Crippen molar-refractivity contribution in [3.8, 4) is 11.3 Å². The highest BCUT2D eigenvalue weighted by Gasteiger charge is 2.50. The highest BCUT2D eigenvalue weighted by molar-refractivity contribution is 7.91. The largest absolute Gasteiger partial charge is 0.496 e. The molecule has 10 heteroatoms. The van der Waals surface area contributed by atoms with Crippen LogP contribution in [-0.2, 0) is 24.1 Å². The van der Waals surface area contributed by atoms with Crippen molar-refractivity contribution in [2.75, 3.05) is 18.2 Å². The minimum atomic E-state index is -3.83. The van der Waals surface area contributed by atoms with E-state index in [-0.39, 0.29) is 24.4 Å². The van der Waals surface area contributed by atoms with Gasteiger partial charge in [0.1, 0.15) is 5.76 Å². The number of primary amides is 1. The van der Waals surface area contributed by atoms with Gasteiger partial charge in [0.25, 0.3) is 0 Å². The summed E-state index contributed by atoms with van der Waals surface area (Å²) in [5.41, 5.74) is 9.17. The first kappa shape index (κ1) is 25.1.